The first-order chi connectivity index (χ1) is 9.86. The van der Waals surface area contributed by atoms with Crippen molar-refractivity contribution in [2.24, 2.45) is 11.3 Å². The van der Waals surface area contributed by atoms with E-state index in [-0.39, 0.29) is 5.92 Å². The van der Waals surface area contributed by atoms with Crippen molar-refractivity contribution in [3.63, 3.8) is 0 Å². The zero-order chi connectivity index (χ0) is 15.6. The van der Waals surface area contributed by atoms with Crippen LogP contribution in [0, 0.1) is 18.3 Å². The van der Waals surface area contributed by atoms with Crippen molar-refractivity contribution in [2.45, 2.75) is 34.1 Å². The third-order valence-corrected chi connectivity index (χ3v) is 4.19. The smallest absolute Gasteiger partial charge is 0.310 e. The number of aryl methyl sites for hydroxylation is 1. The van der Waals surface area contributed by atoms with Crippen LogP contribution in [0.25, 0.3) is 5.69 Å². The van der Waals surface area contributed by atoms with Crippen molar-refractivity contribution in [3.05, 3.63) is 42.0 Å². The highest BCUT2D eigenvalue weighted by Crippen LogP contribution is 2.32. The summed E-state index contributed by atoms with van der Waals surface area (Å²) >= 11 is 0. The summed E-state index contributed by atoms with van der Waals surface area (Å²) in [6.07, 6.45) is 0.343. The third kappa shape index (κ3) is 2.82. The summed E-state index contributed by atoms with van der Waals surface area (Å²) in [5, 5.41) is 17.9. The highest BCUT2D eigenvalue weighted by Gasteiger charge is 2.38. The Balaban J connectivity index is 2.45. The molecule has 5 nitrogen and oxygen atoms in total. The Hall–Kier alpha value is -2.17. The molecule has 0 aliphatic carbocycles. The molecule has 0 fully saturated rings. The lowest BCUT2D eigenvalue weighted by Gasteiger charge is -2.28. The van der Waals surface area contributed by atoms with Gasteiger partial charge in [-0.05, 0) is 31.9 Å². The molecule has 1 heterocycles. The molecule has 1 N–H and O–H groups in total. The number of carboxylic acid groups (broad SMARTS) is 1. The first-order valence-corrected chi connectivity index (χ1v) is 7.06. The summed E-state index contributed by atoms with van der Waals surface area (Å²) in [6.45, 7) is 7.48. The molecule has 0 spiro atoms. The van der Waals surface area contributed by atoms with Gasteiger partial charge in [0.2, 0.25) is 0 Å². The molecule has 1 atom stereocenters. The Morgan fingerprint density at radius 1 is 1.29 bits per heavy atom. The molecule has 0 aliphatic rings. The lowest BCUT2D eigenvalue weighted by Crippen LogP contribution is -2.36. The number of carboxylic acids is 1. The number of hydrogen-bond donors (Lipinski definition) is 1. The van der Waals surface area contributed by atoms with Gasteiger partial charge in [-0.1, -0.05) is 32.0 Å². The van der Waals surface area contributed by atoms with Crippen LogP contribution < -0.4 is 0 Å². The van der Waals surface area contributed by atoms with E-state index in [1.807, 2.05) is 55.7 Å². The number of para-hydroxylation sites is 1. The van der Waals surface area contributed by atoms with Crippen LogP contribution in [0.1, 0.15) is 32.4 Å². The second kappa shape index (κ2) is 5.68. The summed E-state index contributed by atoms with van der Waals surface area (Å²) in [7, 11) is 0. The fraction of sp³-hybridized carbons (Fsp3) is 0.438. The Morgan fingerprint density at radius 3 is 2.43 bits per heavy atom. The normalized spacial score (nSPS) is 14.1. The van der Waals surface area contributed by atoms with Crippen molar-refractivity contribution in [3.8, 4) is 5.69 Å². The quantitative estimate of drug-likeness (QED) is 0.918. The van der Waals surface area contributed by atoms with E-state index in [4.69, 9.17) is 0 Å². The second-order valence-electron chi connectivity index (χ2n) is 5.89. The van der Waals surface area contributed by atoms with Crippen molar-refractivity contribution in [1.82, 2.24) is 14.8 Å². The maximum Gasteiger partial charge on any atom is 0.310 e. The maximum atomic E-state index is 11.7. The molecule has 0 bridgehead atoms. The molecule has 0 saturated heterocycles. The maximum absolute atomic E-state index is 11.7. The van der Waals surface area contributed by atoms with Gasteiger partial charge in [0.1, 0.15) is 11.6 Å². The molecule has 0 saturated carbocycles. The van der Waals surface area contributed by atoms with Crippen LogP contribution in [0.5, 0.6) is 0 Å². The first kappa shape index (κ1) is 15.2. The summed E-state index contributed by atoms with van der Waals surface area (Å²) < 4.78 is 1.92. The fourth-order valence-corrected chi connectivity index (χ4v) is 2.29. The zero-order valence-electron chi connectivity index (χ0n) is 12.9. The molecule has 1 unspecified atom stereocenters. The molecule has 2 aromatic rings. The van der Waals surface area contributed by atoms with Gasteiger partial charge in [0.15, 0.2) is 0 Å². The van der Waals surface area contributed by atoms with E-state index in [0.717, 1.165) is 11.5 Å². The van der Waals surface area contributed by atoms with Crippen LogP contribution >= 0.6 is 0 Å². The molecular weight excluding hydrogens is 266 g/mol. The van der Waals surface area contributed by atoms with E-state index in [1.54, 1.807) is 6.92 Å². The van der Waals surface area contributed by atoms with Crippen LogP contribution in [0.15, 0.2) is 30.3 Å². The standard InChI is InChI=1S/C16H21N3O2/c1-11(2)16(4,15(20)21)10-14-18-17-12(3)19(14)13-8-6-5-7-9-13/h5-9,11H,10H2,1-4H3,(H,20,21). The molecule has 1 aromatic carbocycles. The molecule has 21 heavy (non-hydrogen) atoms. The van der Waals surface area contributed by atoms with Crippen molar-refractivity contribution in [1.29, 1.82) is 0 Å². The minimum atomic E-state index is -0.869. The van der Waals surface area contributed by atoms with Gasteiger partial charge in [0.25, 0.3) is 0 Å². The largest absolute Gasteiger partial charge is 0.481 e. The Kier molecular flexibility index (Phi) is 4.11. The Bertz CT molecular complexity index is 634. The van der Waals surface area contributed by atoms with E-state index in [0.29, 0.717) is 12.2 Å². The van der Waals surface area contributed by atoms with Gasteiger partial charge in [-0.3, -0.25) is 9.36 Å². The highest BCUT2D eigenvalue weighted by molar-refractivity contribution is 5.74. The van der Waals surface area contributed by atoms with Crippen LogP contribution in [-0.4, -0.2) is 25.8 Å². The molecule has 5 heteroatoms. The highest BCUT2D eigenvalue weighted by atomic mass is 16.4. The van der Waals surface area contributed by atoms with E-state index in [2.05, 4.69) is 10.2 Å². The number of aliphatic carboxylic acids is 1. The monoisotopic (exact) mass is 287 g/mol. The predicted molar refractivity (Wildman–Crippen MR) is 80.4 cm³/mol. The third-order valence-electron chi connectivity index (χ3n) is 4.19. The first-order valence-electron chi connectivity index (χ1n) is 7.06. The minimum absolute atomic E-state index is 0.00349. The summed E-state index contributed by atoms with van der Waals surface area (Å²) in [6, 6.07) is 9.76. The molecular formula is C16H21N3O2. The van der Waals surface area contributed by atoms with Gasteiger partial charge < -0.3 is 5.11 Å². The lowest BCUT2D eigenvalue weighted by atomic mass is 9.76. The lowest BCUT2D eigenvalue weighted by molar-refractivity contribution is -0.150. The number of hydrogen-bond acceptors (Lipinski definition) is 3. The minimum Gasteiger partial charge on any atom is -0.481 e. The van der Waals surface area contributed by atoms with Crippen LogP contribution in [-0.2, 0) is 11.2 Å². The number of rotatable bonds is 5. The molecule has 0 aliphatic heterocycles. The summed E-state index contributed by atoms with van der Waals surface area (Å²) in [5.74, 6) is 0.624. The second-order valence-corrected chi connectivity index (χ2v) is 5.89. The van der Waals surface area contributed by atoms with E-state index < -0.39 is 11.4 Å². The molecule has 112 valence electrons. The van der Waals surface area contributed by atoms with Crippen molar-refractivity contribution < 1.29 is 9.90 Å². The number of aromatic nitrogens is 3. The Morgan fingerprint density at radius 2 is 1.90 bits per heavy atom. The zero-order valence-corrected chi connectivity index (χ0v) is 12.9. The summed E-state index contributed by atoms with van der Waals surface area (Å²) in [5.41, 5.74) is 0.0814. The number of carbonyl (C=O) groups is 1. The van der Waals surface area contributed by atoms with Gasteiger partial charge in [0, 0.05) is 12.1 Å². The van der Waals surface area contributed by atoms with E-state index in [1.165, 1.54) is 0 Å². The molecule has 0 amide bonds. The van der Waals surface area contributed by atoms with Crippen molar-refractivity contribution in [2.75, 3.05) is 0 Å². The van der Waals surface area contributed by atoms with Gasteiger partial charge in [-0.15, -0.1) is 10.2 Å². The number of nitrogens with zero attached hydrogens (tertiary/aromatic N) is 3. The van der Waals surface area contributed by atoms with Crippen LogP contribution in [0.3, 0.4) is 0 Å². The topological polar surface area (TPSA) is 68.0 Å². The predicted octanol–water partition coefficient (Wildman–Crippen LogP) is 2.87. The Labute approximate surface area is 124 Å². The van der Waals surface area contributed by atoms with Gasteiger partial charge >= 0.3 is 5.97 Å². The average Bonchev–Trinajstić information content (AvgIpc) is 2.80. The molecule has 2 rings (SSSR count). The average molecular weight is 287 g/mol. The summed E-state index contributed by atoms with van der Waals surface area (Å²) in [4.78, 5) is 11.7. The van der Waals surface area contributed by atoms with Crippen molar-refractivity contribution >= 4 is 5.97 Å². The van der Waals surface area contributed by atoms with E-state index in [9.17, 15) is 9.90 Å². The van der Waals surface area contributed by atoms with Gasteiger partial charge in [0.05, 0.1) is 5.41 Å². The van der Waals surface area contributed by atoms with Crippen LogP contribution in [0.4, 0.5) is 0 Å². The van der Waals surface area contributed by atoms with Gasteiger partial charge in [-0.25, -0.2) is 0 Å². The molecule has 1 aromatic heterocycles. The van der Waals surface area contributed by atoms with E-state index >= 15 is 0 Å². The molecule has 0 radical (unpaired) electrons. The SMILES string of the molecule is Cc1nnc(CC(C)(C(=O)O)C(C)C)n1-c1ccccc1. The fourth-order valence-electron chi connectivity index (χ4n) is 2.29. The van der Waals surface area contributed by atoms with Gasteiger partial charge in [-0.2, -0.15) is 0 Å². The van der Waals surface area contributed by atoms with Crippen LogP contribution in [0.2, 0.25) is 0 Å². The number of benzene rings is 1.